The van der Waals surface area contributed by atoms with Gasteiger partial charge in [-0.3, -0.25) is 14.4 Å². The number of anilines is 1. The molecule has 0 unspecified atom stereocenters. The lowest BCUT2D eigenvalue weighted by atomic mass is 9.78. The Labute approximate surface area is 238 Å². The molecule has 3 aromatic rings. The fraction of sp³-hybridized carbons (Fsp3) is 0.276. The van der Waals surface area contributed by atoms with Crippen LogP contribution in [0.15, 0.2) is 66.7 Å². The smallest absolute Gasteiger partial charge is 0.481 e. The van der Waals surface area contributed by atoms with E-state index in [0.717, 1.165) is 18.2 Å². The van der Waals surface area contributed by atoms with Crippen LogP contribution in [0.1, 0.15) is 59.5 Å². The number of alkyl halides is 3. The molecule has 0 aliphatic carbocycles. The predicted molar refractivity (Wildman–Crippen MR) is 145 cm³/mol. The van der Waals surface area contributed by atoms with E-state index in [1.807, 2.05) is 6.92 Å². The van der Waals surface area contributed by atoms with Gasteiger partial charge in [-0.05, 0) is 65.9 Å². The van der Waals surface area contributed by atoms with Crippen molar-refractivity contribution in [3.05, 3.63) is 94.3 Å². The van der Waals surface area contributed by atoms with Crippen LogP contribution in [-0.2, 0) is 9.59 Å². The number of benzene rings is 3. The van der Waals surface area contributed by atoms with E-state index >= 15 is 0 Å². The number of carbonyl (C=O) groups excluding carboxylic acids is 2. The number of carbonyl (C=O) groups is 3. The maximum absolute atomic E-state index is 14.5. The van der Waals surface area contributed by atoms with Gasteiger partial charge in [-0.25, -0.2) is 4.39 Å². The fourth-order valence-corrected chi connectivity index (χ4v) is 4.51. The van der Waals surface area contributed by atoms with Crippen LogP contribution < -0.4 is 15.4 Å². The van der Waals surface area contributed by atoms with Gasteiger partial charge >= 0.3 is 12.3 Å². The maximum atomic E-state index is 14.5. The lowest BCUT2D eigenvalue weighted by molar-refractivity contribution is -0.274. The third-order valence-electron chi connectivity index (χ3n) is 6.17. The van der Waals surface area contributed by atoms with E-state index in [1.54, 1.807) is 12.1 Å². The highest BCUT2D eigenvalue weighted by Crippen LogP contribution is 2.39. The largest absolute Gasteiger partial charge is 0.573 e. The van der Waals surface area contributed by atoms with E-state index < -0.39 is 47.5 Å². The van der Waals surface area contributed by atoms with Crippen molar-refractivity contribution >= 4 is 35.1 Å². The Morgan fingerprint density at radius 2 is 1.61 bits per heavy atom. The van der Waals surface area contributed by atoms with Crippen molar-refractivity contribution < 1.29 is 41.8 Å². The lowest BCUT2D eigenvalue weighted by Gasteiger charge is -2.28. The number of hydrogen-bond donors (Lipinski definition) is 3. The van der Waals surface area contributed by atoms with Crippen LogP contribution in [-0.4, -0.2) is 35.8 Å². The summed E-state index contributed by atoms with van der Waals surface area (Å²) in [7, 11) is 0. The summed E-state index contributed by atoms with van der Waals surface area (Å²) in [5.41, 5.74) is 1.17. The molecule has 0 aliphatic heterocycles. The monoisotopic (exact) mass is 594 g/mol. The highest BCUT2D eigenvalue weighted by molar-refractivity contribution is 6.30. The molecular formula is C29H27ClF4N2O5. The number of aliphatic carboxylic acids is 1. The van der Waals surface area contributed by atoms with Crippen molar-refractivity contribution in [3.63, 3.8) is 0 Å². The van der Waals surface area contributed by atoms with Crippen molar-refractivity contribution in [2.75, 3.05) is 11.9 Å². The standard InChI is InChI=1S/C29H27ClF4N2O5/c1-2-3-22(17-4-6-19(7-5-17)27(39)35-15-14-25(37)38)26(18-8-11-21(12-9-18)41-29(32,33)34)28(40)36-24-13-10-20(30)16-23(24)31/h4-13,16,22,26H,2-3,14-15H2,1H3,(H,35,39)(H,36,40)(H,37,38)/t22-,26+/m1/s1. The lowest BCUT2D eigenvalue weighted by Crippen LogP contribution is -2.28. The van der Waals surface area contributed by atoms with Gasteiger partial charge in [0.05, 0.1) is 18.0 Å². The van der Waals surface area contributed by atoms with Crippen LogP contribution in [0.25, 0.3) is 0 Å². The SMILES string of the molecule is CCC[C@H](c1ccc(C(=O)NCCC(=O)O)cc1)[C@@H](C(=O)Nc1ccc(Cl)cc1F)c1ccc(OC(F)(F)F)cc1. The number of hydrogen-bond acceptors (Lipinski definition) is 4. The molecular weight excluding hydrogens is 568 g/mol. The number of rotatable bonds is 12. The van der Waals surface area contributed by atoms with Crippen molar-refractivity contribution in [3.8, 4) is 5.75 Å². The Balaban J connectivity index is 1.96. The summed E-state index contributed by atoms with van der Waals surface area (Å²) in [6, 6.07) is 15.0. The summed E-state index contributed by atoms with van der Waals surface area (Å²) in [4.78, 5) is 36.7. The van der Waals surface area contributed by atoms with Gasteiger partial charge in [-0.1, -0.05) is 49.2 Å². The molecule has 0 spiro atoms. The number of ether oxygens (including phenoxy) is 1. The second kappa shape index (κ2) is 14.0. The zero-order chi connectivity index (χ0) is 30.2. The molecule has 0 fully saturated rings. The molecule has 0 bridgehead atoms. The quantitative estimate of drug-likeness (QED) is 0.198. The first-order valence-electron chi connectivity index (χ1n) is 12.6. The van der Waals surface area contributed by atoms with Crippen molar-refractivity contribution in [2.45, 2.75) is 44.4 Å². The van der Waals surface area contributed by atoms with Crippen LogP contribution in [0.3, 0.4) is 0 Å². The molecule has 2 amide bonds. The Bertz CT molecular complexity index is 1370. The van der Waals surface area contributed by atoms with Crippen LogP contribution in [0.5, 0.6) is 5.75 Å². The molecule has 0 aromatic heterocycles. The minimum absolute atomic E-state index is 0.0497. The zero-order valence-corrected chi connectivity index (χ0v) is 22.6. The fourth-order valence-electron chi connectivity index (χ4n) is 4.35. The molecule has 3 aromatic carbocycles. The molecule has 3 N–H and O–H groups in total. The average molecular weight is 595 g/mol. The van der Waals surface area contributed by atoms with Gasteiger partial charge in [0.1, 0.15) is 11.6 Å². The summed E-state index contributed by atoms with van der Waals surface area (Å²) < 4.78 is 56.6. The second-order valence-electron chi connectivity index (χ2n) is 9.12. The van der Waals surface area contributed by atoms with E-state index in [4.69, 9.17) is 16.7 Å². The molecule has 0 aliphatic rings. The topological polar surface area (TPSA) is 105 Å². The number of halogens is 5. The van der Waals surface area contributed by atoms with E-state index in [2.05, 4.69) is 15.4 Å². The minimum atomic E-state index is -4.89. The van der Waals surface area contributed by atoms with Gasteiger partial charge in [0.25, 0.3) is 5.91 Å². The molecule has 0 heterocycles. The van der Waals surface area contributed by atoms with Gasteiger partial charge in [0.2, 0.25) is 5.91 Å². The molecule has 0 saturated heterocycles. The van der Waals surface area contributed by atoms with Crippen LogP contribution >= 0.6 is 11.6 Å². The Hall–Kier alpha value is -4.12. The maximum Gasteiger partial charge on any atom is 0.573 e. The third kappa shape index (κ3) is 9.21. The summed E-state index contributed by atoms with van der Waals surface area (Å²) in [5.74, 6) is -4.85. The summed E-state index contributed by atoms with van der Waals surface area (Å²) in [5, 5.41) is 14.0. The second-order valence-corrected chi connectivity index (χ2v) is 9.56. The van der Waals surface area contributed by atoms with Gasteiger partial charge in [0, 0.05) is 17.1 Å². The molecule has 7 nitrogen and oxygen atoms in total. The summed E-state index contributed by atoms with van der Waals surface area (Å²) in [6.07, 6.45) is -4.04. The Morgan fingerprint density at radius 1 is 0.976 bits per heavy atom. The highest BCUT2D eigenvalue weighted by atomic mass is 35.5. The molecule has 12 heteroatoms. The zero-order valence-electron chi connectivity index (χ0n) is 21.8. The molecule has 0 radical (unpaired) electrons. The Morgan fingerprint density at radius 3 is 2.17 bits per heavy atom. The van der Waals surface area contributed by atoms with Gasteiger partial charge < -0.3 is 20.5 Å². The van der Waals surface area contributed by atoms with E-state index in [-0.39, 0.29) is 29.2 Å². The number of carboxylic acids is 1. The van der Waals surface area contributed by atoms with Gasteiger partial charge in [-0.2, -0.15) is 0 Å². The van der Waals surface area contributed by atoms with Crippen molar-refractivity contribution in [2.24, 2.45) is 0 Å². The molecule has 0 saturated carbocycles. The van der Waals surface area contributed by atoms with E-state index in [9.17, 15) is 31.9 Å². The minimum Gasteiger partial charge on any atom is -0.481 e. The van der Waals surface area contributed by atoms with Crippen molar-refractivity contribution in [1.82, 2.24) is 5.32 Å². The number of nitrogens with one attached hydrogen (secondary N) is 2. The molecule has 3 rings (SSSR count). The molecule has 2 atom stereocenters. The van der Waals surface area contributed by atoms with Crippen LogP contribution in [0, 0.1) is 5.82 Å². The van der Waals surface area contributed by atoms with Crippen molar-refractivity contribution in [1.29, 1.82) is 0 Å². The first-order valence-corrected chi connectivity index (χ1v) is 13.0. The third-order valence-corrected chi connectivity index (χ3v) is 6.41. The summed E-state index contributed by atoms with van der Waals surface area (Å²) >= 11 is 5.82. The van der Waals surface area contributed by atoms with Gasteiger partial charge in [-0.15, -0.1) is 13.2 Å². The first-order chi connectivity index (χ1) is 19.4. The summed E-state index contributed by atoms with van der Waals surface area (Å²) in [6.45, 7) is 1.84. The highest BCUT2D eigenvalue weighted by Gasteiger charge is 2.33. The number of amides is 2. The molecule has 41 heavy (non-hydrogen) atoms. The Kier molecular flexibility index (Phi) is 10.7. The number of carboxylic acid groups (broad SMARTS) is 1. The van der Waals surface area contributed by atoms with E-state index in [0.29, 0.717) is 24.0 Å². The predicted octanol–water partition coefficient (Wildman–Crippen LogP) is 6.89. The average Bonchev–Trinajstić information content (AvgIpc) is 2.90. The van der Waals surface area contributed by atoms with Crippen LogP contribution in [0.2, 0.25) is 5.02 Å². The van der Waals surface area contributed by atoms with Gasteiger partial charge in [0.15, 0.2) is 0 Å². The first kappa shape index (κ1) is 31.4. The van der Waals surface area contributed by atoms with Crippen LogP contribution in [0.4, 0.5) is 23.2 Å². The molecule has 218 valence electrons. The van der Waals surface area contributed by atoms with E-state index in [1.165, 1.54) is 36.4 Å². The normalized spacial score (nSPS) is 12.7.